The molecule has 20 heavy (non-hydrogen) atoms. The molecular formula is C13H8ClF3N2O. The van der Waals surface area contributed by atoms with Crippen molar-refractivity contribution in [2.75, 3.05) is 10.6 Å². The molecule has 2 aromatic rings. The minimum atomic E-state index is -0.938. The van der Waals surface area contributed by atoms with Gasteiger partial charge in [0.05, 0.1) is 16.4 Å². The van der Waals surface area contributed by atoms with Crippen molar-refractivity contribution in [1.29, 1.82) is 0 Å². The van der Waals surface area contributed by atoms with Gasteiger partial charge in [-0.2, -0.15) is 0 Å². The normalized spacial score (nSPS) is 10.2. The summed E-state index contributed by atoms with van der Waals surface area (Å²) >= 11 is 5.55. The number of halogens is 4. The number of hydrogen-bond donors (Lipinski definition) is 2. The number of nitrogens with one attached hydrogen (secondary N) is 2. The number of rotatable bonds is 2. The van der Waals surface area contributed by atoms with E-state index in [9.17, 15) is 18.0 Å². The standard InChI is InChI=1S/C13H8ClF3N2O/c14-8-2-1-3-11(12(8)17)19-13(20)18-10-5-4-7(15)6-9(10)16/h1-6H,(H2,18,19,20). The minimum absolute atomic E-state index is 0.155. The molecule has 2 rings (SSSR count). The number of amides is 2. The molecule has 0 aromatic heterocycles. The summed E-state index contributed by atoms with van der Waals surface area (Å²) < 4.78 is 39.5. The fourth-order valence-electron chi connectivity index (χ4n) is 1.47. The predicted molar refractivity (Wildman–Crippen MR) is 70.4 cm³/mol. The zero-order valence-electron chi connectivity index (χ0n) is 9.88. The van der Waals surface area contributed by atoms with Crippen LogP contribution in [0.5, 0.6) is 0 Å². The first kappa shape index (κ1) is 14.2. The number of anilines is 2. The highest BCUT2D eigenvalue weighted by Crippen LogP contribution is 2.22. The molecule has 2 aromatic carbocycles. The van der Waals surface area contributed by atoms with E-state index < -0.39 is 23.5 Å². The van der Waals surface area contributed by atoms with Gasteiger partial charge in [0.15, 0.2) is 5.82 Å². The summed E-state index contributed by atoms with van der Waals surface area (Å²) in [7, 11) is 0. The van der Waals surface area contributed by atoms with Crippen LogP contribution in [0.1, 0.15) is 0 Å². The summed E-state index contributed by atoms with van der Waals surface area (Å²) in [6.45, 7) is 0. The first-order valence-electron chi connectivity index (χ1n) is 5.44. The highest BCUT2D eigenvalue weighted by Gasteiger charge is 2.11. The van der Waals surface area contributed by atoms with Gasteiger partial charge in [0.25, 0.3) is 0 Å². The Balaban J connectivity index is 2.11. The average Bonchev–Trinajstić information content (AvgIpc) is 2.38. The van der Waals surface area contributed by atoms with Crippen LogP contribution in [-0.4, -0.2) is 6.03 Å². The monoisotopic (exact) mass is 300 g/mol. The zero-order chi connectivity index (χ0) is 14.7. The Hall–Kier alpha value is -2.21. The fraction of sp³-hybridized carbons (Fsp3) is 0. The summed E-state index contributed by atoms with van der Waals surface area (Å²) in [5.41, 5.74) is -0.385. The van der Waals surface area contributed by atoms with Crippen molar-refractivity contribution >= 4 is 29.0 Å². The topological polar surface area (TPSA) is 41.1 Å². The van der Waals surface area contributed by atoms with E-state index in [1.54, 1.807) is 0 Å². The van der Waals surface area contributed by atoms with Gasteiger partial charge in [-0.05, 0) is 24.3 Å². The number of hydrogen-bond acceptors (Lipinski definition) is 1. The van der Waals surface area contributed by atoms with Gasteiger partial charge in [0, 0.05) is 6.07 Å². The molecule has 104 valence electrons. The third-order valence-electron chi connectivity index (χ3n) is 2.38. The second-order valence-corrected chi connectivity index (χ2v) is 4.21. The van der Waals surface area contributed by atoms with Crippen LogP contribution >= 0.6 is 11.6 Å². The largest absolute Gasteiger partial charge is 0.323 e. The van der Waals surface area contributed by atoms with Gasteiger partial charge >= 0.3 is 6.03 Å². The lowest BCUT2D eigenvalue weighted by molar-refractivity contribution is 0.262. The Morgan fingerprint density at radius 1 is 1.00 bits per heavy atom. The van der Waals surface area contributed by atoms with E-state index in [0.29, 0.717) is 6.07 Å². The van der Waals surface area contributed by atoms with Gasteiger partial charge in [0.1, 0.15) is 11.6 Å². The number of urea groups is 1. The van der Waals surface area contributed by atoms with Crippen LogP contribution in [0.3, 0.4) is 0 Å². The highest BCUT2D eigenvalue weighted by molar-refractivity contribution is 6.31. The van der Waals surface area contributed by atoms with Gasteiger partial charge < -0.3 is 10.6 Å². The zero-order valence-corrected chi connectivity index (χ0v) is 10.6. The number of carbonyl (C=O) groups is 1. The molecule has 0 aliphatic rings. The SMILES string of the molecule is O=C(Nc1ccc(F)cc1F)Nc1cccc(Cl)c1F. The van der Waals surface area contributed by atoms with E-state index in [1.807, 2.05) is 0 Å². The van der Waals surface area contributed by atoms with E-state index in [4.69, 9.17) is 11.6 Å². The molecule has 0 atom stereocenters. The lowest BCUT2D eigenvalue weighted by atomic mass is 10.3. The molecule has 0 unspecified atom stereocenters. The third kappa shape index (κ3) is 3.21. The van der Waals surface area contributed by atoms with Crippen molar-refractivity contribution in [2.24, 2.45) is 0 Å². The van der Waals surface area contributed by atoms with Crippen LogP contribution in [0.4, 0.5) is 29.3 Å². The maximum atomic E-state index is 13.5. The first-order valence-corrected chi connectivity index (χ1v) is 5.82. The summed E-state index contributed by atoms with van der Waals surface area (Å²) in [5.74, 6) is -2.51. The second kappa shape index (κ2) is 5.83. The molecule has 0 saturated carbocycles. The van der Waals surface area contributed by atoms with Crippen LogP contribution < -0.4 is 10.6 Å². The van der Waals surface area contributed by atoms with Gasteiger partial charge in [-0.15, -0.1) is 0 Å². The molecule has 0 bridgehead atoms. The maximum absolute atomic E-state index is 13.5. The molecule has 7 heteroatoms. The predicted octanol–water partition coefficient (Wildman–Crippen LogP) is 4.40. The quantitative estimate of drug-likeness (QED) is 0.848. The van der Waals surface area contributed by atoms with E-state index >= 15 is 0 Å². The smallest absolute Gasteiger partial charge is 0.305 e. The molecule has 0 saturated heterocycles. The van der Waals surface area contributed by atoms with Gasteiger partial charge in [0.2, 0.25) is 0 Å². The van der Waals surface area contributed by atoms with Crippen molar-refractivity contribution in [2.45, 2.75) is 0 Å². The summed E-state index contributed by atoms with van der Waals surface area (Å²) in [6.07, 6.45) is 0. The van der Waals surface area contributed by atoms with Crippen LogP contribution in [0.15, 0.2) is 36.4 Å². The van der Waals surface area contributed by atoms with Crippen molar-refractivity contribution in [3.8, 4) is 0 Å². The molecule has 2 amide bonds. The Kier molecular flexibility index (Phi) is 4.14. The van der Waals surface area contributed by atoms with Crippen LogP contribution in [0, 0.1) is 17.5 Å². The molecule has 0 aliphatic carbocycles. The highest BCUT2D eigenvalue weighted by atomic mass is 35.5. The van der Waals surface area contributed by atoms with Crippen molar-refractivity contribution in [3.63, 3.8) is 0 Å². The Morgan fingerprint density at radius 2 is 1.70 bits per heavy atom. The Morgan fingerprint density at radius 3 is 2.40 bits per heavy atom. The third-order valence-corrected chi connectivity index (χ3v) is 2.67. The molecule has 3 nitrogen and oxygen atoms in total. The molecular weight excluding hydrogens is 293 g/mol. The number of carbonyl (C=O) groups excluding carboxylic acids is 1. The fourth-order valence-corrected chi connectivity index (χ4v) is 1.64. The Labute approximate surface area is 117 Å². The van der Waals surface area contributed by atoms with E-state index in [2.05, 4.69) is 10.6 Å². The van der Waals surface area contributed by atoms with Gasteiger partial charge in [-0.25, -0.2) is 18.0 Å². The summed E-state index contributed by atoms with van der Waals surface area (Å²) in [5, 5.41) is 4.15. The van der Waals surface area contributed by atoms with Gasteiger partial charge in [-0.3, -0.25) is 0 Å². The van der Waals surface area contributed by atoms with Crippen LogP contribution in [0.2, 0.25) is 5.02 Å². The van der Waals surface area contributed by atoms with Crippen LogP contribution in [0.25, 0.3) is 0 Å². The maximum Gasteiger partial charge on any atom is 0.323 e. The van der Waals surface area contributed by atoms with Crippen LogP contribution in [-0.2, 0) is 0 Å². The lowest BCUT2D eigenvalue weighted by Crippen LogP contribution is -2.20. The van der Waals surface area contributed by atoms with Crippen molar-refractivity contribution in [3.05, 3.63) is 58.9 Å². The average molecular weight is 301 g/mol. The molecule has 2 N–H and O–H groups in total. The van der Waals surface area contributed by atoms with E-state index in [-0.39, 0.29) is 16.4 Å². The van der Waals surface area contributed by atoms with Gasteiger partial charge in [-0.1, -0.05) is 17.7 Å². The molecule has 0 fully saturated rings. The molecule has 0 radical (unpaired) electrons. The van der Waals surface area contributed by atoms with E-state index in [1.165, 1.54) is 18.2 Å². The molecule has 0 spiro atoms. The first-order chi connectivity index (χ1) is 9.47. The molecule has 0 heterocycles. The lowest BCUT2D eigenvalue weighted by Gasteiger charge is -2.09. The summed E-state index contributed by atoms with van der Waals surface area (Å²) in [4.78, 5) is 11.6. The Bertz CT molecular complexity index is 664. The van der Waals surface area contributed by atoms with Crippen molar-refractivity contribution in [1.82, 2.24) is 0 Å². The number of benzene rings is 2. The van der Waals surface area contributed by atoms with Crippen molar-refractivity contribution < 1.29 is 18.0 Å². The summed E-state index contributed by atoms with van der Waals surface area (Å²) in [6, 6.07) is 5.84. The molecule has 0 aliphatic heterocycles. The minimum Gasteiger partial charge on any atom is -0.305 e. The van der Waals surface area contributed by atoms with E-state index in [0.717, 1.165) is 12.1 Å². The second-order valence-electron chi connectivity index (χ2n) is 3.80.